The molecule has 136 valence electrons. The molecule has 6 nitrogen and oxygen atoms in total. The molecule has 0 aliphatic heterocycles. The van der Waals surface area contributed by atoms with Gasteiger partial charge in [0.1, 0.15) is 0 Å². The molecule has 0 aromatic rings. The molecule has 0 aliphatic carbocycles. The number of rotatable bonds is 13. The molecule has 0 rings (SSSR count). The Morgan fingerprint density at radius 1 is 1.09 bits per heavy atom. The molecular formula is C16H33N2O4S+. The number of hydrogen-bond donors (Lipinski definition) is 2. The Labute approximate surface area is 141 Å². The SMILES string of the molecule is CCCC[N+](CC=C(C)C(N)=O)(CCCC)CCCS(=O)(=O)O. The normalized spacial score (nSPS) is 13.3. The van der Waals surface area contributed by atoms with Crippen molar-refractivity contribution in [3.63, 3.8) is 0 Å². The van der Waals surface area contributed by atoms with Crippen molar-refractivity contribution in [2.75, 3.05) is 31.9 Å². The van der Waals surface area contributed by atoms with Gasteiger partial charge in [0, 0.05) is 12.0 Å². The van der Waals surface area contributed by atoms with Crippen LogP contribution in [0, 0.1) is 0 Å². The van der Waals surface area contributed by atoms with Gasteiger partial charge in [-0.2, -0.15) is 8.42 Å². The van der Waals surface area contributed by atoms with Gasteiger partial charge in [0.05, 0.1) is 31.9 Å². The maximum atomic E-state index is 11.2. The van der Waals surface area contributed by atoms with Crippen LogP contribution in [-0.4, -0.2) is 55.3 Å². The minimum absolute atomic E-state index is 0.218. The highest BCUT2D eigenvalue weighted by Gasteiger charge is 2.26. The first-order valence-electron chi connectivity index (χ1n) is 8.42. The number of quaternary nitrogens is 1. The molecule has 0 fully saturated rings. The Kier molecular flexibility index (Phi) is 10.3. The predicted octanol–water partition coefficient (Wildman–Crippen LogP) is 2.11. The third-order valence-electron chi connectivity index (χ3n) is 4.18. The highest BCUT2D eigenvalue weighted by atomic mass is 32.2. The number of nitrogens with two attached hydrogens (primary N) is 1. The molecule has 0 heterocycles. The largest absolute Gasteiger partial charge is 0.366 e. The van der Waals surface area contributed by atoms with Crippen LogP contribution in [0.5, 0.6) is 0 Å². The molecule has 0 saturated heterocycles. The zero-order valence-electron chi connectivity index (χ0n) is 14.8. The van der Waals surface area contributed by atoms with E-state index >= 15 is 0 Å². The summed E-state index contributed by atoms with van der Waals surface area (Å²) in [5.74, 6) is -0.643. The fraction of sp³-hybridized carbons (Fsp3) is 0.812. The lowest BCUT2D eigenvalue weighted by Gasteiger charge is -2.38. The zero-order valence-corrected chi connectivity index (χ0v) is 15.6. The number of carbonyl (C=O) groups is 1. The Balaban J connectivity index is 5.13. The number of carbonyl (C=O) groups excluding carboxylic acids is 1. The van der Waals surface area contributed by atoms with Crippen molar-refractivity contribution < 1.29 is 22.2 Å². The van der Waals surface area contributed by atoms with E-state index in [0.29, 0.717) is 25.1 Å². The van der Waals surface area contributed by atoms with E-state index in [1.807, 2.05) is 6.08 Å². The lowest BCUT2D eigenvalue weighted by Crippen LogP contribution is -2.50. The van der Waals surface area contributed by atoms with E-state index in [9.17, 15) is 13.2 Å². The smallest absolute Gasteiger partial charge is 0.265 e. The molecule has 7 heteroatoms. The monoisotopic (exact) mass is 349 g/mol. The van der Waals surface area contributed by atoms with Gasteiger partial charge >= 0.3 is 0 Å². The summed E-state index contributed by atoms with van der Waals surface area (Å²) in [5.41, 5.74) is 5.83. The van der Waals surface area contributed by atoms with Crippen LogP contribution < -0.4 is 5.73 Å². The quantitative estimate of drug-likeness (QED) is 0.302. The molecule has 1 amide bonds. The number of primary amides is 1. The highest BCUT2D eigenvalue weighted by Crippen LogP contribution is 2.15. The molecule has 0 unspecified atom stereocenters. The predicted molar refractivity (Wildman–Crippen MR) is 93.5 cm³/mol. The van der Waals surface area contributed by atoms with E-state index in [-0.39, 0.29) is 5.75 Å². The van der Waals surface area contributed by atoms with Crippen molar-refractivity contribution in [2.24, 2.45) is 5.73 Å². The molecule has 0 spiro atoms. The van der Waals surface area contributed by atoms with Gasteiger partial charge in [0.15, 0.2) is 0 Å². The number of unbranched alkanes of at least 4 members (excludes halogenated alkanes) is 2. The van der Waals surface area contributed by atoms with Crippen molar-refractivity contribution in [1.82, 2.24) is 0 Å². The minimum Gasteiger partial charge on any atom is -0.366 e. The molecule has 0 saturated carbocycles. The van der Waals surface area contributed by atoms with Gasteiger partial charge in [0.25, 0.3) is 10.1 Å². The molecule has 0 aromatic heterocycles. The minimum atomic E-state index is -3.93. The summed E-state index contributed by atoms with van der Waals surface area (Å²) in [4.78, 5) is 11.2. The van der Waals surface area contributed by atoms with Crippen LogP contribution >= 0.6 is 0 Å². The maximum absolute atomic E-state index is 11.2. The van der Waals surface area contributed by atoms with Gasteiger partial charge in [-0.15, -0.1) is 0 Å². The van der Waals surface area contributed by atoms with Crippen LogP contribution in [0.15, 0.2) is 11.6 Å². The summed E-state index contributed by atoms with van der Waals surface area (Å²) < 4.78 is 31.6. The van der Waals surface area contributed by atoms with Crippen LogP contribution in [0.25, 0.3) is 0 Å². The Morgan fingerprint density at radius 3 is 1.96 bits per heavy atom. The van der Waals surface area contributed by atoms with Crippen molar-refractivity contribution in [3.05, 3.63) is 11.6 Å². The van der Waals surface area contributed by atoms with Crippen LogP contribution in [0.3, 0.4) is 0 Å². The summed E-state index contributed by atoms with van der Waals surface area (Å²) in [6.45, 7) is 9.15. The first kappa shape index (κ1) is 22.1. The number of amides is 1. The van der Waals surface area contributed by atoms with E-state index in [2.05, 4.69) is 13.8 Å². The second kappa shape index (κ2) is 10.8. The Hall–Kier alpha value is -0.920. The summed E-state index contributed by atoms with van der Waals surface area (Å²) in [6, 6.07) is 0. The molecule has 23 heavy (non-hydrogen) atoms. The van der Waals surface area contributed by atoms with E-state index in [4.69, 9.17) is 10.3 Å². The summed E-state index contributed by atoms with van der Waals surface area (Å²) in [7, 11) is -3.93. The average Bonchev–Trinajstić information content (AvgIpc) is 2.46. The number of nitrogens with zero attached hydrogens (tertiary/aromatic N) is 1. The van der Waals surface area contributed by atoms with E-state index in [0.717, 1.165) is 43.3 Å². The zero-order chi connectivity index (χ0) is 17.9. The summed E-state index contributed by atoms with van der Waals surface area (Å²) in [6.07, 6.45) is 6.47. The maximum Gasteiger partial charge on any atom is 0.265 e. The van der Waals surface area contributed by atoms with Gasteiger partial charge in [-0.1, -0.05) is 26.7 Å². The first-order chi connectivity index (χ1) is 10.7. The number of hydrogen-bond acceptors (Lipinski definition) is 3. The fourth-order valence-electron chi connectivity index (χ4n) is 2.61. The lowest BCUT2D eigenvalue weighted by atomic mass is 10.1. The molecule has 3 N–H and O–H groups in total. The molecule has 0 aliphatic rings. The second-order valence-electron chi connectivity index (χ2n) is 6.29. The van der Waals surface area contributed by atoms with E-state index in [1.54, 1.807) is 6.92 Å². The highest BCUT2D eigenvalue weighted by molar-refractivity contribution is 7.85. The molecular weight excluding hydrogens is 316 g/mol. The second-order valence-corrected chi connectivity index (χ2v) is 7.87. The summed E-state index contributed by atoms with van der Waals surface area (Å²) in [5, 5.41) is 0. The topological polar surface area (TPSA) is 97.5 Å². The van der Waals surface area contributed by atoms with Crippen molar-refractivity contribution in [1.29, 1.82) is 0 Å². The van der Waals surface area contributed by atoms with Gasteiger partial charge in [-0.05, 0) is 25.8 Å². The molecule has 0 radical (unpaired) electrons. The average molecular weight is 350 g/mol. The lowest BCUT2D eigenvalue weighted by molar-refractivity contribution is -0.923. The molecule has 0 atom stereocenters. The van der Waals surface area contributed by atoms with Crippen LogP contribution in [0.1, 0.15) is 52.9 Å². The third kappa shape index (κ3) is 10.5. The standard InChI is InChI=1S/C16H32N2O4S/c1-4-6-10-18(11-7-5-2,12-8-14-23(20,21)22)13-9-15(3)16(17)19/h9H,4-8,10-14H2,1-3H3,(H2-,17,19,20,21,22)/p+1. The van der Waals surface area contributed by atoms with Crippen LogP contribution in [-0.2, 0) is 14.9 Å². The van der Waals surface area contributed by atoms with E-state index in [1.165, 1.54) is 0 Å². The Bertz CT molecular complexity index is 478. The summed E-state index contributed by atoms with van der Waals surface area (Å²) >= 11 is 0. The van der Waals surface area contributed by atoms with E-state index < -0.39 is 16.0 Å². The van der Waals surface area contributed by atoms with Crippen LogP contribution in [0.2, 0.25) is 0 Å². The van der Waals surface area contributed by atoms with Crippen molar-refractivity contribution in [3.8, 4) is 0 Å². The van der Waals surface area contributed by atoms with Gasteiger partial charge in [-0.3, -0.25) is 9.35 Å². The first-order valence-corrected chi connectivity index (χ1v) is 10.0. The Morgan fingerprint density at radius 2 is 1.57 bits per heavy atom. The fourth-order valence-corrected chi connectivity index (χ4v) is 3.10. The van der Waals surface area contributed by atoms with Crippen molar-refractivity contribution >= 4 is 16.0 Å². The third-order valence-corrected chi connectivity index (χ3v) is 4.98. The van der Waals surface area contributed by atoms with Crippen LogP contribution in [0.4, 0.5) is 0 Å². The molecule has 0 aromatic carbocycles. The van der Waals surface area contributed by atoms with Gasteiger partial charge in [0.2, 0.25) is 5.91 Å². The van der Waals surface area contributed by atoms with Gasteiger partial charge < -0.3 is 10.2 Å². The van der Waals surface area contributed by atoms with Crippen molar-refractivity contribution in [2.45, 2.75) is 52.9 Å². The van der Waals surface area contributed by atoms with Gasteiger partial charge in [-0.25, -0.2) is 0 Å². The molecule has 0 bridgehead atoms.